The first-order valence-electron chi connectivity index (χ1n) is 3.42. The maximum Gasteiger partial charge on any atom is 0.0187 e. The molecular weight excluding hydrogens is 140 g/mol. The summed E-state index contributed by atoms with van der Waals surface area (Å²) in [6.45, 7) is 5.83. The van der Waals surface area contributed by atoms with Crippen molar-refractivity contribution >= 4 is 11.8 Å². The van der Waals surface area contributed by atoms with Gasteiger partial charge in [0.2, 0.25) is 0 Å². The minimum Gasteiger partial charge on any atom is -0.152 e. The summed E-state index contributed by atoms with van der Waals surface area (Å²) in [6, 6.07) is 0. The van der Waals surface area contributed by atoms with E-state index >= 15 is 0 Å². The average molecular weight is 152 g/mol. The Hall–Kier alpha value is -0.430. The molecular formula is C9H12S. The van der Waals surface area contributed by atoms with Crippen molar-refractivity contribution < 1.29 is 0 Å². The SMILES string of the molecule is C=CC1=CC(=CC)CSC1. The number of allylic oxidation sites excluding steroid dienone is 3. The molecule has 1 rings (SSSR count). The van der Waals surface area contributed by atoms with E-state index in [2.05, 4.69) is 25.7 Å². The second kappa shape index (κ2) is 3.67. The van der Waals surface area contributed by atoms with Gasteiger partial charge < -0.3 is 0 Å². The lowest BCUT2D eigenvalue weighted by molar-refractivity contribution is 1.39. The highest BCUT2D eigenvalue weighted by Gasteiger charge is 2.02. The van der Waals surface area contributed by atoms with Crippen LogP contribution >= 0.6 is 11.8 Å². The molecule has 0 saturated carbocycles. The van der Waals surface area contributed by atoms with Crippen LogP contribution in [0.2, 0.25) is 0 Å². The third-order valence-electron chi connectivity index (χ3n) is 1.54. The fourth-order valence-electron chi connectivity index (χ4n) is 0.893. The van der Waals surface area contributed by atoms with Crippen LogP contribution in [0, 0.1) is 0 Å². The molecule has 1 heterocycles. The van der Waals surface area contributed by atoms with Gasteiger partial charge in [-0.1, -0.05) is 24.8 Å². The second-order valence-electron chi connectivity index (χ2n) is 2.28. The van der Waals surface area contributed by atoms with Crippen molar-refractivity contribution in [3.8, 4) is 0 Å². The predicted molar refractivity (Wildman–Crippen MR) is 49.4 cm³/mol. The molecule has 0 aromatic heterocycles. The summed E-state index contributed by atoms with van der Waals surface area (Å²) in [5.74, 6) is 2.29. The molecule has 0 bridgehead atoms. The van der Waals surface area contributed by atoms with Gasteiger partial charge in [0.15, 0.2) is 0 Å². The standard InChI is InChI=1S/C9H12S/c1-3-8-5-9(4-2)7-10-6-8/h3-5H,1,6-7H2,2H3. The molecule has 10 heavy (non-hydrogen) atoms. The van der Waals surface area contributed by atoms with Crippen molar-refractivity contribution in [1.82, 2.24) is 0 Å². The van der Waals surface area contributed by atoms with Gasteiger partial charge in [-0.05, 0) is 18.1 Å². The summed E-state index contributed by atoms with van der Waals surface area (Å²) >= 11 is 1.95. The number of rotatable bonds is 1. The summed E-state index contributed by atoms with van der Waals surface area (Å²) in [5, 5.41) is 0. The van der Waals surface area contributed by atoms with Gasteiger partial charge in [-0.3, -0.25) is 0 Å². The largest absolute Gasteiger partial charge is 0.152 e. The van der Waals surface area contributed by atoms with Crippen LogP contribution in [0.4, 0.5) is 0 Å². The molecule has 0 nitrogen and oxygen atoms in total. The van der Waals surface area contributed by atoms with Crippen molar-refractivity contribution in [2.24, 2.45) is 0 Å². The fourth-order valence-corrected chi connectivity index (χ4v) is 1.92. The zero-order valence-electron chi connectivity index (χ0n) is 6.26. The Labute approximate surface area is 66.7 Å². The van der Waals surface area contributed by atoms with Crippen molar-refractivity contribution in [2.75, 3.05) is 11.5 Å². The van der Waals surface area contributed by atoms with Crippen LogP contribution in [0.25, 0.3) is 0 Å². The molecule has 1 heteroatoms. The molecule has 0 aromatic rings. The first-order chi connectivity index (χ1) is 4.86. The van der Waals surface area contributed by atoms with E-state index in [1.807, 2.05) is 17.8 Å². The average Bonchev–Trinajstić information content (AvgIpc) is 2.05. The quantitative estimate of drug-likeness (QED) is 0.556. The van der Waals surface area contributed by atoms with E-state index in [4.69, 9.17) is 0 Å². The number of thioether (sulfide) groups is 1. The van der Waals surface area contributed by atoms with Gasteiger partial charge in [0.25, 0.3) is 0 Å². The topological polar surface area (TPSA) is 0 Å². The van der Waals surface area contributed by atoms with Gasteiger partial charge >= 0.3 is 0 Å². The lowest BCUT2D eigenvalue weighted by Crippen LogP contribution is -1.96. The van der Waals surface area contributed by atoms with Crippen LogP contribution in [0.15, 0.2) is 36.0 Å². The van der Waals surface area contributed by atoms with E-state index in [-0.39, 0.29) is 0 Å². The van der Waals surface area contributed by atoms with Gasteiger partial charge in [0.1, 0.15) is 0 Å². The van der Waals surface area contributed by atoms with E-state index in [1.165, 1.54) is 11.1 Å². The molecule has 54 valence electrons. The minimum atomic E-state index is 1.13. The highest BCUT2D eigenvalue weighted by molar-refractivity contribution is 7.99. The molecule has 1 aliphatic heterocycles. The number of hydrogen-bond acceptors (Lipinski definition) is 1. The van der Waals surface area contributed by atoms with Crippen molar-refractivity contribution in [3.63, 3.8) is 0 Å². The van der Waals surface area contributed by atoms with Gasteiger partial charge in [-0.2, -0.15) is 11.8 Å². The Morgan fingerprint density at radius 1 is 1.60 bits per heavy atom. The lowest BCUT2D eigenvalue weighted by Gasteiger charge is -2.10. The molecule has 0 amide bonds. The zero-order chi connectivity index (χ0) is 7.40. The molecule has 0 atom stereocenters. The number of hydrogen-bond donors (Lipinski definition) is 0. The maximum atomic E-state index is 3.74. The monoisotopic (exact) mass is 152 g/mol. The van der Waals surface area contributed by atoms with Gasteiger partial charge in [-0.15, -0.1) is 0 Å². The summed E-state index contributed by atoms with van der Waals surface area (Å²) in [6.07, 6.45) is 6.33. The summed E-state index contributed by atoms with van der Waals surface area (Å²) in [5.41, 5.74) is 2.77. The molecule has 0 fully saturated rings. The molecule has 0 radical (unpaired) electrons. The first kappa shape index (κ1) is 7.67. The van der Waals surface area contributed by atoms with Crippen molar-refractivity contribution in [1.29, 1.82) is 0 Å². The predicted octanol–water partition coefficient (Wildman–Crippen LogP) is 2.79. The van der Waals surface area contributed by atoms with Crippen LogP contribution in [-0.4, -0.2) is 11.5 Å². The van der Waals surface area contributed by atoms with E-state index in [0.29, 0.717) is 0 Å². The Kier molecular flexibility index (Phi) is 2.82. The highest BCUT2D eigenvalue weighted by atomic mass is 32.2. The lowest BCUT2D eigenvalue weighted by atomic mass is 10.2. The van der Waals surface area contributed by atoms with E-state index < -0.39 is 0 Å². The molecule has 0 aromatic carbocycles. The molecule has 0 aliphatic carbocycles. The van der Waals surface area contributed by atoms with E-state index in [1.54, 1.807) is 0 Å². The molecule has 0 saturated heterocycles. The van der Waals surface area contributed by atoms with E-state index in [9.17, 15) is 0 Å². The Bertz CT molecular complexity index is 187. The van der Waals surface area contributed by atoms with Crippen molar-refractivity contribution in [2.45, 2.75) is 6.92 Å². The summed E-state index contributed by atoms with van der Waals surface area (Å²) in [7, 11) is 0. The minimum absolute atomic E-state index is 1.13. The van der Waals surface area contributed by atoms with Crippen LogP contribution in [0.3, 0.4) is 0 Å². The smallest absolute Gasteiger partial charge is 0.0187 e. The van der Waals surface area contributed by atoms with Crippen LogP contribution in [0.5, 0.6) is 0 Å². The molecule has 0 N–H and O–H groups in total. The Balaban J connectivity index is 2.75. The van der Waals surface area contributed by atoms with Crippen molar-refractivity contribution in [3.05, 3.63) is 36.0 Å². The first-order valence-corrected chi connectivity index (χ1v) is 4.58. The second-order valence-corrected chi connectivity index (χ2v) is 3.27. The third-order valence-corrected chi connectivity index (χ3v) is 2.62. The molecule has 1 aliphatic rings. The third kappa shape index (κ3) is 1.77. The maximum absolute atomic E-state index is 3.74. The summed E-state index contributed by atoms with van der Waals surface area (Å²) < 4.78 is 0. The normalized spacial score (nSPS) is 22.5. The van der Waals surface area contributed by atoms with Crippen LogP contribution in [-0.2, 0) is 0 Å². The Morgan fingerprint density at radius 3 is 3.00 bits per heavy atom. The molecule has 0 spiro atoms. The fraction of sp³-hybridized carbons (Fsp3) is 0.333. The Morgan fingerprint density at radius 2 is 2.40 bits per heavy atom. The van der Waals surface area contributed by atoms with Crippen LogP contribution in [0.1, 0.15) is 6.92 Å². The van der Waals surface area contributed by atoms with Gasteiger partial charge in [-0.25, -0.2) is 0 Å². The van der Waals surface area contributed by atoms with Gasteiger partial charge in [0, 0.05) is 11.5 Å². The van der Waals surface area contributed by atoms with Crippen LogP contribution < -0.4 is 0 Å². The molecule has 0 unspecified atom stereocenters. The van der Waals surface area contributed by atoms with E-state index in [0.717, 1.165) is 11.5 Å². The zero-order valence-corrected chi connectivity index (χ0v) is 7.08. The van der Waals surface area contributed by atoms with Gasteiger partial charge in [0.05, 0.1) is 0 Å². The highest BCUT2D eigenvalue weighted by Crippen LogP contribution is 2.21. The summed E-state index contributed by atoms with van der Waals surface area (Å²) in [4.78, 5) is 0.